The van der Waals surface area contributed by atoms with E-state index >= 15 is 0 Å². The summed E-state index contributed by atoms with van der Waals surface area (Å²) in [7, 11) is 0. The molecule has 5 fully saturated rings. The Morgan fingerprint density at radius 3 is 2.59 bits per heavy atom. The smallest absolute Gasteiger partial charge is 0.205 e. The van der Waals surface area contributed by atoms with Crippen LogP contribution in [0.4, 0.5) is 0 Å². The maximum Gasteiger partial charge on any atom is 0.205 e. The second-order valence-corrected chi connectivity index (χ2v) is 9.40. The van der Waals surface area contributed by atoms with Crippen molar-refractivity contribution in [3.8, 4) is 5.75 Å². The average Bonchev–Trinajstić information content (AvgIpc) is 2.87. The molecule has 6 rings (SSSR count). The number of benzene rings is 1. The zero-order valence-corrected chi connectivity index (χ0v) is 17.0. The van der Waals surface area contributed by atoms with Crippen molar-refractivity contribution >= 4 is 12.6 Å². The lowest BCUT2D eigenvalue weighted by atomic mass is 9.58. The largest absolute Gasteiger partial charge is 0.465 e. The number of fused-ring (bicyclic) bond motifs is 2. The van der Waals surface area contributed by atoms with Crippen LogP contribution in [0.15, 0.2) is 29.2 Å². The molecule has 1 aromatic carbocycles. The summed E-state index contributed by atoms with van der Waals surface area (Å²) in [5.41, 5.74) is -0.540. The highest BCUT2D eigenvalue weighted by molar-refractivity contribution is 7.80. The Morgan fingerprint density at radius 2 is 1.81 bits per heavy atom. The predicted octanol–water partition coefficient (Wildman–Crippen LogP) is 4.56. The summed E-state index contributed by atoms with van der Waals surface area (Å²) in [6, 6.07) is 7.70. The Hall–Kier alpha value is -0.790. The van der Waals surface area contributed by atoms with E-state index in [4.69, 9.17) is 24.0 Å². The predicted molar refractivity (Wildman–Crippen MR) is 101 cm³/mol. The highest BCUT2D eigenvalue weighted by atomic mass is 32.1. The van der Waals surface area contributed by atoms with Gasteiger partial charge in [-0.05, 0) is 62.3 Å². The molecule has 0 amide bonds. The van der Waals surface area contributed by atoms with E-state index in [1.54, 1.807) is 0 Å². The summed E-state index contributed by atoms with van der Waals surface area (Å²) >= 11 is 4.34. The van der Waals surface area contributed by atoms with Crippen LogP contribution < -0.4 is 4.74 Å². The van der Waals surface area contributed by atoms with E-state index in [2.05, 4.69) is 26.5 Å². The maximum absolute atomic E-state index is 6.42. The lowest BCUT2D eigenvalue weighted by Gasteiger charge is -2.60. The molecular formula is C21H28O5S. The topological polar surface area (TPSA) is 46.2 Å². The molecule has 1 aromatic rings. The molecule has 8 atom stereocenters. The first-order valence-electron chi connectivity index (χ1n) is 10.1. The fourth-order valence-corrected chi connectivity index (χ4v) is 5.81. The summed E-state index contributed by atoms with van der Waals surface area (Å²) in [5, 5.41) is 0. The SMILES string of the molecule is C[C@H]1[C@@H](Oc2ccc(S)cc2)O[C@@H]2O[C@]3(C)CC[C@H]4[C@H](C)CC[C@@H]1C24OO3. The molecule has 5 aliphatic rings. The maximum atomic E-state index is 6.42. The molecule has 0 aromatic heterocycles. The van der Waals surface area contributed by atoms with E-state index < -0.39 is 17.7 Å². The minimum atomic E-state index is -0.754. The number of rotatable bonds is 2. The van der Waals surface area contributed by atoms with E-state index in [0.29, 0.717) is 11.8 Å². The zero-order chi connectivity index (χ0) is 18.8. The van der Waals surface area contributed by atoms with Crippen molar-refractivity contribution in [3.05, 3.63) is 24.3 Å². The lowest BCUT2D eigenvalue weighted by Crippen LogP contribution is -2.70. The molecule has 4 heterocycles. The third-order valence-electron chi connectivity index (χ3n) is 7.19. The third-order valence-corrected chi connectivity index (χ3v) is 7.48. The molecule has 1 saturated carbocycles. The molecule has 2 bridgehead atoms. The van der Waals surface area contributed by atoms with Crippen LogP contribution in [-0.2, 0) is 19.2 Å². The first-order chi connectivity index (χ1) is 12.9. The number of ether oxygens (including phenoxy) is 3. The minimum Gasteiger partial charge on any atom is -0.465 e. The highest BCUT2D eigenvalue weighted by Crippen LogP contribution is 2.60. The van der Waals surface area contributed by atoms with Crippen LogP contribution >= 0.6 is 12.6 Å². The lowest BCUT2D eigenvalue weighted by molar-refractivity contribution is -0.575. The Morgan fingerprint density at radius 1 is 1.04 bits per heavy atom. The Labute approximate surface area is 166 Å². The molecule has 6 heteroatoms. The van der Waals surface area contributed by atoms with Crippen molar-refractivity contribution in [1.29, 1.82) is 0 Å². The van der Waals surface area contributed by atoms with Gasteiger partial charge in [0, 0.05) is 23.2 Å². The Kier molecular flexibility index (Phi) is 4.30. The van der Waals surface area contributed by atoms with Crippen LogP contribution in [0.5, 0.6) is 5.75 Å². The minimum absolute atomic E-state index is 0.168. The van der Waals surface area contributed by atoms with E-state index in [1.165, 1.54) is 6.42 Å². The van der Waals surface area contributed by atoms with Gasteiger partial charge in [0.15, 0.2) is 11.9 Å². The van der Waals surface area contributed by atoms with Gasteiger partial charge in [0.2, 0.25) is 12.1 Å². The van der Waals surface area contributed by atoms with Crippen LogP contribution in [0.3, 0.4) is 0 Å². The fourth-order valence-electron chi connectivity index (χ4n) is 5.67. The number of hydrogen-bond donors (Lipinski definition) is 1. The molecule has 4 saturated heterocycles. The first-order valence-corrected chi connectivity index (χ1v) is 10.5. The quantitative estimate of drug-likeness (QED) is 0.590. The van der Waals surface area contributed by atoms with Gasteiger partial charge in [-0.25, -0.2) is 9.78 Å². The van der Waals surface area contributed by atoms with Crippen molar-refractivity contribution in [2.24, 2.45) is 23.7 Å². The number of thiol groups is 1. The normalized spacial score (nSPS) is 48.6. The highest BCUT2D eigenvalue weighted by Gasteiger charge is 2.69. The average molecular weight is 393 g/mol. The van der Waals surface area contributed by atoms with Crippen molar-refractivity contribution in [1.82, 2.24) is 0 Å². The summed E-state index contributed by atoms with van der Waals surface area (Å²) in [6.07, 6.45) is 3.26. The van der Waals surface area contributed by atoms with Crippen LogP contribution in [0.2, 0.25) is 0 Å². The van der Waals surface area contributed by atoms with Crippen LogP contribution in [0.1, 0.15) is 46.5 Å². The number of hydrogen-bond acceptors (Lipinski definition) is 6. The second kappa shape index (κ2) is 6.36. The molecule has 5 nitrogen and oxygen atoms in total. The molecular weight excluding hydrogens is 364 g/mol. The first kappa shape index (κ1) is 18.3. The van der Waals surface area contributed by atoms with E-state index in [0.717, 1.165) is 29.9 Å². The van der Waals surface area contributed by atoms with Gasteiger partial charge in [0.25, 0.3) is 0 Å². The van der Waals surface area contributed by atoms with E-state index in [9.17, 15) is 0 Å². The summed E-state index contributed by atoms with van der Waals surface area (Å²) in [4.78, 5) is 12.9. The molecule has 0 radical (unpaired) electrons. The molecule has 27 heavy (non-hydrogen) atoms. The van der Waals surface area contributed by atoms with Gasteiger partial charge in [-0.2, -0.15) is 0 Å². The van der Waals surface area contributed by atoms with Crippen molar-refractivity contribution < 1.29 is 24.0 Å². The van der Waals surface area contributed by atoms with Crippen LogP contribution in [0, 0.1) is 23.7 Å². The summed E-state index contributed by atoms with van der Waals surface area (Å²) in [6.45, 7) is 6.46. The zero-order valence-electron chi connectivity index (χ0n) is 16.1. The Balaban J connectivity index is 1.48. The van der Waals surface area contributed by atoms with Gasteiger partial charge in [0.1, 0.15) is 5.75 Å². The summed E-state index contributed by atoms with van der Waals surface area (Å²) < 4.78 is 19.0. The fraction of sp³-hybridized carbons (Fsp3) is 0.714. The molecule has 1 spiro atoms. The third kappa shape index (κ3) is 2.76. The van der Waals surface area contributed by atoms with Crippen LogP contribution in [0.25, 0.3) is 0 Å². The van der Waals surface area contributed by atoms with Gasteiger partial charge in [-0.1, -0.05) is 13.8 Å². The van der Waals surface area contributed by atoms with E-state index in [-0.39, 0.29) is 18.1 Å². The van der Waals surface area contributed by atoms with Gasteiger partial charge in [-0.3, -0.25) is 0 Å². The van der Waals surface area contributed by atoms with Gasteiger partial charge in [-0.15, -0.1) is 12.6 Å². The summed E-state index contributed by atoms with van der Waals surface area (Å²) in [5.74, 6) is 1.40. The van der Waals surface area contributed by atoms with Gasteiger partial charge in [0.05, 0.1) is 0 Å². The van der Waals surface area contributed by atoms with Crippen LogP contribution in [-0.4, -0.2) is 24.0 Å². The molecule has 0 N–H and O–H groups in total. The van der Waals surface area contributed by atoms with Crippen molar-refractivity contribution in [2.45, 2.75) is 75.3 Å². The monoisotopic (exact) mass is 392 g/mol. The van der Waals surface area contributed by atoms with E-state index in [1.807, 2.05) is 31.2 Å². The molecule has 148 valence electrons. The van der Waals surface area contributed by atoms with Crippen molar-refractivity contribution in [2.75, 3.05) is 0 Å². The molecule has 1 unspecified atom stereocenters. The second-order valence-electron chi connectivity index (χ2n) is 8.89. The van der Waals surface area contributed by atoms with Crippen molar-refractivity contribution in [3.63, 3.8) is 0 Å². The Bertz CT molecular complexity index is 711. The molecule has 4 aliphatic heterocycles. The molecule has 1 aliphatic carbocycles. The standard InChI is InChI=1S/C21H28O5S/c1-12-4-9-17-13(2)18(22-14-5-7-15(27)8-6-14)23-19-21(17)16(12)10-11-20(3,24-19)25-26-21/h5-8,12-13,16-19,27H,4,9-11H2,1-3H3/t12-,13-,16+,17+,18+,19-,20+,21?/m1/s1. The van der Waals surface area contributed by atoms with Gasteiger partial charge >= 0.3 is 0 Å². The van der Waals surface area contributed by atoms with Gasteiger partial charge < -0.3 is 14.2 Å².